The molecule has 0 aliphatic carbocycles. The molecule has 0 aromatic carbocycles. The quantitative estimate of drug-likeness (QED) is 0.255. The van der Waals surface area contributed by atoms with Gasteiger partial charge in [-0.15, -0.1) is 0 Å². The first kappa shape index (κ1) is 17.5. The van der Waals surface area contributed by atoms with Crippen LogP contribution in [0.1, 0.15) is 0 Å². The largest absolute Gasteiger partial charge is 0.382 e. The van der Waals surface area contributed by atoms with E-state index < -0.39 is 0 Å². The number of aromatic nitrogens is 9. The monoisotopic (exact) mass is 365 g/mol. The normalized spacial score (nSPS) is 9.93. The molecule has 5 aromatic heterocycles. The number of hydrogen-bond donors (Lipinski definition) is 5. The lowest BCUT2D eigenvalue weighted by Gasteiger charge is -1.89. The van der Waals surface area contributed by atoms with Gasteiger partial charge in [-0.1, -0.05) is 6.07 Å². The van der Waals surface area contributed by atoms with Crippen molar-refractivity contribution in [1.82, 2.24) is 44.9 Å². The number of nitrogens with zero attached hydrogens (tertiary/aromatic N) is 6. The fourth-order valence-corrected chi connectivity index (χ4v) is 1.96. The fraction of sp³-hybridized carbons (Fsp3) is 0. The maximum Gasteiger partial charge on any atom is 0.278 e. The first-order valence-corrected chi connectivity index (χ1v) is 7.58. The van der Waals surface area contributed by atoms with Gasteiger partial charge in [-0.3, -0.25) is 14.8 Å². The van der Waals surface area contributed by atoms with E-state index in [0.717, 1.165) is 0 Å². The average Bonchev–Trinajstić information content (AvgIpc) is 3.34. The number of pyridine rings is 1. The Morgan fingerprint density at radius 1 is 0.815 bits per heavy atom. The standard InChI is InChI=1S/C5H5N5O.C5H5N5.C5H5N/c6-5-9-3-2(4(11)10-5)7-1-8-3;6-4-3-5(9-1-7-3)10-2-8-4;1-2-4-6-5-3-1/h1H,(H4,6,7,8,9,10,11);1-2H,(H3,6,7,8,9,10);1-5H. The summed E-state index contributed by atoms with van der Waals surface area (Å²) in [5.74, 6) is 0.511. The Hall–Kier alpha value is -4.35. The van der Waals surface area contributed by atoms with Crippen LogP contribution in [-0.4, -0.2) is 44.9 Å². The second-order valence-electron chi connectivity index (χ2n) is 4.94. The Bertz CT molecular complexity index is 1150. The van der Waals surface area contributed by atoms with Gasteiger partial charge in [-0.05, 0) is 12.1 Å². The molecule has 5 heterocycles. The lowest BCUT2D eigenvalue weighted by Crippen LogP contribution is -2.10. The number of aromatic amines is 3. The molecule has 5 rings (SSSR count). The Labute approximate surface area is 151 Å². The Morgan fingerprint density at radius 3 is 2.15 bits per heavy atom. The first-order chi connectivity index (χ1) is 13.1. The highest BCUT2D eigenvalue weighted by atomic mass is 16.1. The average molecular weight is 365 g/mol. The molecule has 136 valence electrons. The number of nitrogens with two attached hydrogens (primary N) is 2. The molecule has 12 heteroatoms. The van der Waals surface area contributed by atoms with E-state index in [4.69, 9.17) is 11.5 Å². The molecule has 0 unspecified atom stereocenters. The van der Waals surface area contributed by atoms with Crippen LogP contribution in [-0.2, 0) is 0 Å². The maximum absolute atomic E-state index is 11.0. The maximum atomic E-state index is 11.0. The third kappa shape index (κ3) is 4.39. The van der Waals surface area contributed by atoms with Gasteiger partial charge in [0, 0.05) is 12.4 Å². The van der Waals surface area contributed by atoms with Gasteiger partial charge in [-0.2, -0.15) is 4.98 Å². The third-order valence-electron chi connectivity index (χ3n) is 3.13. The van der Waals surface area contributed by atoms with E-state index in [0.29, 0.717) is 28.1 Å². The van der Waals surface area contributed by atoms with Gasteiger partial charge in [0.25, 0.3) is 5.56 Å². The number of nitrogen functional groups attached to an aromatic ring is 2. The summed E-state index contributed by atoms with van der Waals surface area (Å²) in [4.78, 5) is 41.7. The molecule has 12 nitrogen and oxygen atoms in total. The summed E-state index contributed by atoms with van der Waals surface area (Å²) >= 11 is 0. The van der Waals surface area contributed by atoms with E-state index in [1.807, 2.05) is 18.2 Å². The van der Waals surface area contributed by atoms with E-state index in [1.165, 1.54) is 19.0 Å². The van der Waals surface area contributed by atoms with Gasteiger partial charge in [0.2, 0.25) is 5.95 Å². The molecule has 5 aromatic rings. The van der Waals surface area contributed by atoms with Gasteiger partial charge in [-0.25, -0.2) is 19.9 Å². The minimum absolute atomic E-state index is 0.0783. The van der Waals surface area contributed by atoms with Crippen molar-refractivity contribution < 1.29 is 0 Å². The van der Waals surface area contributed by atoms with Crippen molar-refractivity contribution >= 4 is 34.1 Å². The number of hydrogen-bond acceptors (Lipinski definition) is 9. The van der Waals surface area contributed by atoms with Crippen LogP contribution < -0.4 is 17.0 Å². The zero-order valence-corrected chi connectivity index (χ0v) is 13.9. The van der Waals surface area contributed by atoms with E-state index >= 15 is 0 Å². The zero-order valence-electron chi connectivity index (χ0n) is 13.9. The molecule has 0 atom stereocenters. The first-order valence-electron chi connectivity index (χ1n) is 7.58. The molecular weight excluding hydrogens is 350 g/mol. The van der Waals surface area contributed by atoms with E-state index in [1.54, 1.807) is 12.4 Å². The van der Waals surface area contributed by atoms with Crippen molar-refractivity contribution in [2.45, 2.75) is 0 Å². The Morgan fingerprint density at radius 2 is 1.52 bits per heavy atom. The van der Waals surface area contributed by atoms with Crippen molar-refractivity contribution in [2.75, 3.05) is 11.5 Å². The predicted molar refractivity (Wildman–Crippen MR) is 99.3 cm³/mol. The second-order valence-corrected chi connectivity index (χ2v) is 4.94. The number of H-pyrrole nitrogens is 3. The highest BCUT2D eigenvalue weighted by Crippen LogP contribution is 2.09. The number of fused-ring (bicyclic) bond motifs is 2. The van der Waals surface area contributed by atoms with E-state index in [-0.39, 0.29) is 11.5 Å². The molecule has 0 spiro atoms. The van der Waals surface area contributed by atoms with Gasteiger partial charge in [0.15, 0.2) is 22.6 Å². The predicted octanol–water partition coefficient (Wildman–Crippen LogP) is 0.245. The summed E-state index contributed by atoms with van der Waals surface area (Å²) in [6.07, 6.45) is 7.82. The molecule has 0 saturated carbocycles. The molecule has 0 bridgehead atoms. The Kier molecular flexibility index (Phi) is 5.28. The third-order valence-corrected chi connectivity index (χ3v) is 3.13. The van der Waals surface area contributed by atoms with Crippen molar-refractivity contribution in [3.05, 3.63) is 59.9 Å². The number of rotatable bonds is 0. The summed E-state index contributed by atoms with van der Waals surface area (Å²) in [5, 5.41) is 0. The molecule has 0 amide bonds. The molecular formula is C15H15N11O. The van der Waals surface area contributed by atoms with Crippen LogP contribution in [0, 0.1) is 0 Å². The topological polar surface area (TPSA) is 194 Å². The van der Waals surface area contributed by atoms with Crippen LogP contribution >= 0.6 is 0 Å². The lowest BCUT2D eigenvalue weighted by atomic mass is 10.5. The van der Waals surface area contributed by atoms with Gasteiger partial charge in [0.05, 0.1) is 12.7 Å². The molecule has 0 fully saturated rings. The summed E-state index contributed by atoms with van der Waals surface area (Å²) in [7, 11) is 0. The minimum Gasteiger partial charge on any atom is -0.382 e. The Balaban J connectivity index is 0.000000122. The van der Waals surface area contributed by atoms with Crippen LogP contribution in [0.4, 0.5) is 11.8 Å². The number of nitrogens with one attached hydrogen (secondary N) is 3. The fourth-order valence-electron chi connectivity index (χ4n) is 1.96. The molecule has 0 aliphatic heterocycles. The highest BCUT2D eigenvalue weighted by Gasteiger charge is 2.01. The molecule has 0 aliphatic rings. The van der Waals surface area contributed by atoms with Crippen LogP contribution in [0.2, 0.25) is 0 Å². The van der Waals surface area contributed by atoms with Crippen molar-refractivity contribution in [2.24, 2.45) is 0 Å². The zero-order chi connectivity index (χ0) is 19.1. The van der Waals surface area contributed by atoms with Crippen LogP contribution in [0.25, 0.3) is 22.3 Å². The van der Waals surface area contributed by atoms with Crippen molar-refractivity contribution in [3.8, 4) is 0 Å². The molecule has 27 heavy (non-hydrogen) atoms. The summed E-state index contributed by atoms with van der Waals surface area (Å²) in [5.41, 5.74) is 12.4. The van der Waals surface area contributed by atoms with E-state index in [2.05, 4.69) is 44.9 Å². The van der Waals surface area contributed by atoms with Crippen molar-refractivity contribution in [1.29, 1.82) is 0 Å². The van der Waals surface area contributed by atoms with Gasteiger partial charge < -0.3 is 21.4 Å². The summed E-state index contributed by atoms with van der Waals surface area (Å²) in [6.45, 7) is 0. The van der Waals surface area contributed by atoms with Crippen LogP contribution in [0.5, 0.6) is 0 Å². The summed E-state index contributed by atoms with van der Waals surface area (Å²) in [6, 6.07) is 5.72. The van der Waals surface area contributed by atoms with Crippen LogP contribution in [0.15, 0.2) is 54.4 Å². The highest BCUT2D eigenvalue weighted by molar-refractivity contribution is 5.80. The second kappa shape index (κ2) is 8.15. The molecule has 0 radical (unpaired) electrons. The van der Waals surface area contributed by atoms with E-state index in [9.17, 15) is 4.79 Å². The summed E-state index contributed by atoms with van der Waals surface area (Å²) < 4.78 is 0. The number of anilines is 2. The smallest absolute Gasteiger partial charge is 0.278 e. The SMILES string of the molecule is Nc1nc2nc[nH]c2c(=O)[nH]1.Nc1ncnc2nc[nH]c12.c1ccncc1. The molecule has 7 N–H and O–H groups in total. The number of imidazole rings is 2. The molecule has 0 saturated heterocycles. The minimum atomic E-state index is -0.301. The van der Waals surface area contributed by atoms with Gasteiger partial charge in [0.1, 0.15) is 11.8 Å². The van der Waals surface area contributed by atoms with Crippen LogP contribution in [0.3, 0.4) is 0 Å². The van der Waals surface area contributed by atoms with Gasteiger partial charge >= 0.3 is 0 Å². The lowest BCUT2D eigenvalue weighted by molar-refractivity contribution is 1.17. The van der Waals surface area contributed by atoms with Crippen molar-refractivity contribution in [3.63, 3.8) is 0 Å².